The molecule has 1 aliphatic carbocycles. The monoisotopic (exact) mass is 181 g/mol. The molecule has 5 heteroatoms. The number of nitrogen functional groups attached to an aromatic ring is 1. The van der Waals surface area contributed by atoms with Gasteiger partial charge in [0.15, 0.2) is 5.69 Å². The van der Waals surface area contributed by atoms with Crippen LogP contribution >= 0.6 is 0 Å². The molecule has 1 saturated carbocycles. The molecular formula is C8H11N3O2. The van der Waals surface area contributed by atoms with Gasteiger partial charge in [-0.05, 0) is 12.8 Å². The number of carbonyl (C=O) groups excluding carboxylic acids is 1. The van der Waals surface area contributed by atoms with Crippen LogP contribution in [0.4, 0.5) is 5.88 Å². The van der Waals surface area contributed by atoms with Crippen molar-refractivity contribution in [1.29, 1.82) is 0 Å². The molecule has 70 valence electrons. The standard InChI is InChI=1S/C8H11N3O2/c1-11(5-2-3-5)8(12)6-4-7(9)13-10-6/h4-5H,2-3,9H2,1H3. The zero-order valence-corrected chi connectivity index (χ0v) is 7.36. The van der Waals surface area contributed by atoms with Gasteiger partial charge in [-0.1, -0.05) is 5.16 Å². The van der Waals surface area contributed by atoms with Gasteiger partial charge in [0.25, 0.3) is 5.91 Å². The fourth-order valence-electron chi connectivity index (χ4n) is 1.20. The van der Waals surface area contributed by atoms with E-state index in [4.69, 9.17) is 5.73 Å². The number of aromatic nitrogens is 1. The molecule has 0 radical (unpaired) electrons. The van der Waals surface area contributed by atoms with Gasteiger partial charge in [-0.2, -0.15) is 0 Å². The summed E-state index contributed by atoms with van der Waals surface area (Å²) in [5.74, 6) is 0.0514. The van der Waals surface area contributed by atoms with Crippen LogP contribution in [0.1, 0.15) is 23.3 Å². The Kier molecular flexibility index (Phi) is 1.72. The molecular weight excluding hydrogens is 170 g/mol. The van der Waals surface area contributed by atoms with Crippen LogP contribution in [0.15, 0.2) is 10.6 Å². The molecule has 1 aromatic heterocycles. The highest BCUT2D eigenvalue weighted by molar-refractivity contribution is 5.92. The summed E-state index contributed by atoms with van der Waals surface area (Å²) in [5, 5.41) is 3.56. The largest absolute Gasteiger partial charge is 0.368 e. The van der Waals surface area contributed by atoms with Gasteiger partial charge >= 0.3 is 0 Å². The number of hydrogen-bond acceptors (Lipinski definition) is 4. The Morgan fingerprint density at radius 1 is 1.77 bits per heavy atom. The predicted molar refractivity (Wildman–Crippen MR) is 46.0 cm³/mol. The predicted octanol–water partition coefficient (Wildman–Crippen LogP) is 0.491. The molecule has 0 saturated heterocycles. The molecule has 0 atom stereocenters. The smallest absolute Gasteiger partial charge is 0.276 e. The van der Waals surface area contributed by atoms with E-state index in [0.717, 1.165) is 12.8 Å². The molecule has 0 unspecified atom stereocenters. The van der Waals surface area contributed by atoms with Gasteiger partial charge in [-0.25, -0.2) is 0 Å². The number of rotatable bonds is 2. The highest BCUT2D eigenvalue weighted by atomic mass is 16.5. The van der Waals surface area contributed by atoms with Crippen molar-refractivity contribution >= 4 is 11.8 Å². The number of hydrogen-bond donors (Lipinski definition) is 1. The first-order valence-corrected chi connectivity index (χ1v) is 4.18. The normalized spacial score (nSPS) is 15.8. The van der Waals surface area contributed by atoms with Crippen molar-refractivity contribution in [2.45, 2.75) is 18.9 Å². The van der Waals surface area contributed by atoms with Crippen LogP contribution in [0.5, 0.6) is 0 Å². The van der Waals surface area contributed by atoms with E-state index in [0.29, 0.717) is 6.04 Å². The minimum absolute atomic E-state index is 0.122. The van der Waals surface area contributed by atoms with Crippen molar-refractivity contribution < 1.29 is 9.32 Å². The summed E-state index contributed by atoms with van der Waals surface area (Å²) in [4.78, 5) is 13.3. The molecule has 1 amide bonds. The Bertz CT molecular complexity index is 330. The number of nitrogens with two attached hydrogens (primary N) is 1. The molecule has 0 aliphatic heterocycles. The summed E-state index contributed by atoms with van der Waals surface area (Å²) in [6, 6.07) is 1.83. The molecule has 0 spiro atoms. The van der Waals surface area contributed by atoms with Gasteiger partial charge in [0.05, 0.1) is 0 Å². The van der Waals surface area contributed by atoms with Crippen molar-refractivity contribution in [3.05, 3.63) is 11.8 Å². The third-order valence-electron chi connectivity index (χ3n) is 2.16. The second-order valence-electron chi connectivity index (χ2n) is 3.26. The van der Waals surface area contributed by atoms with Crippen molar-refractivity contribution in [3.8, 4) is 0 Å². The average Bonchev–Trinajstić information content (AvgIpc) is 2.87. The summed E-state index contributed by atoms with van der Waals surface area (Å²) >= 11 is 0. The Balaban J connectivity index is 2.11. The summed E-state index contributed by atoms with van der Waals surface area (Å²) in [6.07, 6.45) is 2.16. The van der Waals surface area contributed by atoms with Crippen molar-refractivity contribution in [2.24, 2.45) is 0 Å². The highest BCUT2D eigenvalue weighted by Gasteiger charge is 2.31. The van der Waals surface area contributed by atoms with Crippen LogP contribution in [0.25, 0.3) is 0 Å². The van der Waals surface area contributed by atoms with Gasteiger partial charge in [-0.3, -0.25) is 4.79 Å². The van der Waals surface area contributed by atoms with Crippen LogP contribution < -0.4 is 5.73 Å². The molecule has 2 N–H and O–H groups in total. The third-order valence-corrected chi connectivity index (χ3v) is 2.16. The van der Waals surface area contributed by atoms with Gasteiger partial charge < -0.3 is 15.2 Å². The number of amides is 1. The molecule has 0 aromatic carbocycles. The van der Waals surface area contributed by atoms with Crippen molar-refractivity contribution in [3.63, 3.8) is 0 Å². The van der Waals surface area contributed by atoms with E-state index < -0.39 is 0 Å². The van der Waals surface area contributed by atoms with Crippen molar-refractivity contribution in [1.82, 2.24) is 10.1 Å². The summed E-state index contributed by atoms with van der Waals surface area (Å²) in [7, 11) is 1.77. The maximum atomic E-state index is 11.6. The molecule has 0 bridgehead atoms. The Labute approximate surface area is 75.5 Å². The second-order valence-corrected chi connectivity index (χ2v) is 3.26. The number of carbonyl (C=O) groups is 1. The third kappa shape index (κ3) is 1.49. The van der Waals surface area contributed by atoms with Crippen LogP contribution in [0.2, 0.25) is 0 Å². The lowest BCUT2D eigenvalue weighted by Crippen LogP contribution is -2.28. The first-order chi connectivity index (χ1) is 6.18. The summed E-state index contributed by atoms with van der Waals surface area (Å²) in [5.41, 5.74) is 5.59. The number of nitrogens with zero attached hydrogens (tertiary/aromatic N) is 2. The fourth-order valence-corrected chi connectivity index (χ4v) is 1.20. The minimum atomic E-state index is -0.122. The number of anilines is 1. The fraction of sp³-hybridized carbons (Fsp3) is 0.500. The quantitative estimate of drug-likeness (QED) is 0.720. The van der Waals surface area contributed by atoms with Gasteiger partial charge in [-0.15, -0.1) is 0 Å². The topological polar surface area (TPSA) is 72.4 Å². The maximum absolute atomic E-state index is 11.6. The Morgan fingerprint density at radius 3 is 2.92 bits per heavy atom. The van der Waals surface area contributed by atoms with Gasteiger partial charge in [0, 0.05) is 19.2 Å². The van der Waals surface area contributed by atoms with E-state index in [1.807, 2.05) is 0 Å². The van der Waals surface area contributed by atoms with Crippen LogP contribution in [-0.2, 0) is 0 Å². The van der Waals surface area contributed by atoms with E-state index in [-0.39, 0.29) is 17.5 Å². The summed E-state index contributed by atoms with van der Waals surface area (Å²) in [6.45, 7) is 0. The van der Waals surface area contributed by atoms with Gasteiger partial charge in [0.2, 0.25) is 5.88 Å². The van der Waals surface area contributed by atoms with Crippen molar-refractivity contribution in [2.75, 3.05) is 12.8 Å². The second kappa shape index (κ2) is 2.76. The molecule has 1 aliphatic rings. The first kappa shape index (κ1) is 8.10. The molecule has 13 heavy (non-hydrogen) atoms. The lowest BCUT2D eigenvalue weighted by molar-refractivity contribution is 0.0775. The van der Waals surface area contributed by atoms with E-state index in [1.165, 1.54) is 6.07 Å². The SMILES string of the molecule is CN(C(=O)c1cc(N)on1)C1CC1. The zero-order chi connectivity index (χ0) is 9.42. The molecule has 1 heterocycles. The van der Waals surface area contributed by atoms with Crippen LogP contribution in [0.3, 0.4) is 0 Å². The first-order valence-electron chi connectivity index (χ1n) is 4.18. The van der Waals surface area contributed by atoms with Crippen LogP contribution in [-0.4, -0.2) is 29.1 Å². The molecule has 2 rings (SSSR count). The van der Waals surface area contributed by atoms with Gasteiger partial charge in [0.1, 0.15) is 0 Å². The highest BCUT2D eigenvalue weighted by Crippen LogP contribution is 2.26. The zero-order valence-electron chi connectivity index (χ0n) is 7.36. The van der Waals surface area contributed by atoms with E-state index in [2.05, 4.69) is 9.68 Å². The van der Waals surface area contributed by atoms with Crippen LogP contribution in [0, 0.1) is 0 Å². The Hall–Kier alpha value is -1.52. The van der Waals surface area contributed by atoms with E-state index in [1.54, 1.807) is 11.9 Å². The minimum Gasteiger partial charge on any atom is -0.368 e. The van der Waals surface area contributed by atoms with E-state index in [9.17, 15) is 4.79 Å². The average molecular weight is 181 g/mol. The summed E-state index contributed by atoms with van der Waals surface area (Å²) < 4.78 is 4.62. The molecule has 1 aromatic rings. The Morgan fingerprint density at radius 2 is 2.46 bits per heavy atom. The lowest BCUT2D eigenvalue weighted by Gasteiger charge is -2.13. The molecule has 1 fully saturated rings. The van der Waals surface area contributed by atoms with E-state index >= 15 is 0 Å². The lowest BCUT2D eigenvalue weighted by atomic mass is 10.3. The maximum Gasteiger partial charge on any atom is 0.276 e. The molecule has 5 nitrogen and oxygen atoms in total.